The van der Waals surface area contributed by atoms with E-state index in [1.165, 1.54) is 11.8 Å². The minimum Gasteiger partial charge on any atom is -0.457 e. The smallest absolute Gasteiger partial charge is 0.337 e. The molecule has 1 atom stereocenters. The molecule has 0 aliphatic carbocycles. The Bertz CT molecular complexity index is 1680. The number of nitrogens with one attached hydrogen (secondary N) is 1. The second kappa shape index (κ2) is 13.9. The summed E-state index contributed by atoms with van der Waals surface area (Å²) in [5.41, 5.74) is 4.03. The highest BCUT2D eigenvalue weighted by atomic mass is 35.5. The van der Waals surface area contributed by atoms with Crippen LogP contribution in [-0.4, -0.2) is 17.6 Å². The molecule has 0 spiro atoms. The summed E-state index contributed by atoms with van der Waals surface area (Å²) in [6, 6.07) is 37.6. The van der Waals surface area contributed by atoms with Crippen LogP contribution in [-0.2, 0) is 20.9 Å². The summed E-state index contributed by atoms with van der Waals surface area (Å²) in [5.74, 6) is -1.46. The highest BCUT2D eigenvalue weighted by Gasteiger charge is 2.37. The van der Waals surface area contributed by atoms with Crippen LogP contribution in [0.25, 0.3) is 0 Å². The van der Waals surface area contributed by atoms with Crippen molar-refractivity contribution in [1.82, 2.24) is 5.32 Å². The number of allylic oxidation sites excluding steroid dienone is 2. The molecular formula is C35H28ClN3O3S. The molecule has 0 saturated carbocycles. The van der Waals surface area contributed by atoms with Crippen LogP contribution < -0.4 is 10.2 Å². The van der Waals surface area contributed by atoms with E-state index >= 15 is 0 Å². The van der Waals surface area contributed by atoms with Gasteiger partial charge in [0.15, 0.2) is 0 Å². The van der Waals surface area contributed by atoms with E-state index in [4.69, 9.17) is 16.3 Å². The van der Waals surface area contributed by atoms with E-state index in [1.54, 1.807) is 30.0 Å². The molecule has 5 rings (SSSR count). The Morgan fingerprint density at radius 1 is 0.884 bits per heavy atom. The monoisotopic (exact) mass is 605 g/mol. The molecule has 0 unspecified atom stereocenters. The quantitative estimate of drug-likeness (QED) is 0.195. The van der Waals surface area contributed by atoms with Gasteiger partial charge in [-0.3, -0.25) is 9.69 Å². The number of hydrogen-bond acceptors (Lipinski definition) is 6. The number of esters is 1. The van der Waals surface area contributed by atoms with Crippen molar-refractivity contribution in [3.63, 3.8) is 0 Å². The zero-order valence-corrected chi connectivity index (χ0v) is 24.9. The third kappa shape index (κ3) is 6.83. The van der Waals surface area contributed by atoms with Gasteiger partial charge in [0.1, 0.15) is 6.61 Å². The Morgan fingerprint density at radius 3 is 2.02 bits per heavy atom. The minimum absolute atomic E-state index is 0.0353. The average molecular weight is 606 g/mol. The first-order valence-electron chi connectivity index (χ1n) is 13.6. The number of amides is 1. The Hall–Kier alpha value is -4.77. The fourth-order valence-corrected chi connectivity index (χ4v) is 6.09. The molecule has 0 aromatic heterocycles. The predicted octanol–water partition coefficient (Wildman–Crippen LogP) is 7.88. The lowest BCUT2D eigenvalue weighted by molar-refractivity contribution is -0.140. The molecule has 0 fully saturated rings. The van der Waals surface area contributed by atoms with Gasteiger partial charge in [0.2, 0.25) is 5.91 Å². The molecule has 43 heavy (non-hydrogen) atoms. The van der Waals surface area contributed by atoms with E-state index in [0.29, 0.717) is 26.9 Å². The molecule has 1 heterocycles. The van der Waals surface area contributed by atoms with E-state index in [9.17, 15) is 14.9 Å². The summed E-state index contributed by atoms with van der Waals surface area (Å²) in [5, 5.41) is 14.6. The first kappa shape index (κ1) is 29.7. The number of hydrogen-bond donors (Lipinski definition) is 1. The average Bonchev–Trinajstić information content (AvgIpc) is 3.04. The van der Waals surface area contributed by atoms with Gasteiger partial charge in [-0.05, 0) is 48.4 Å². The number of halogens is 1. The third-order valence-corrected chi connectivity index (χ3v) is 8.26. The SMILES string of the molecule is CC1=C(C(=O)OCc2ccccc2)[C@@H](c2ccccc2Cl)C(C#N)=C(SCC(=O)N(c2ccccc2)c2ccccc2)N1. The lowest BCUT2D eigenvalue weighted by Gasteiger charge is -2.30. The third-order valence-electron chi connectivity index (χ3n) is 6.91. The zero-order chi connectivity index (χ0) is 30.2. The summed E-state index contributed by atoms with van der Waals surface area (Å²) in [6.07, 6.45) is 0. The molecule has 1 aliphatic rings. The number of anilines is 2. The molecular weight excluding hydrogens is 578 g/mol. The fraction of sp³-hybridized carbons (Fsp3) is 0.114. The Labute approximate surface area is 260 Å². The number of carbonyl (C=O) groups excluding carboxylic acids is 2. The molecule has 4 aromatic rings. The molecule has 1 aliphatic heterocycles. The second-order valence-corrected chi connectivity index (χ2v) is 11.1. The number of thioether (sulfide) groups is 1. The van der Waals surface area contributed by atoms with Crippen molar-refractivity contribution in [2.45, 2.75) is 19.4 Å². The predicted molar refractivity (Wildman–Crippen MR) is 171 cm³/mol. The van der Waals surface area contributed by atoms with Gasteiger partial charge in [-0.15, -0.1) is 0 Å². The lowest BCUT2D eigenvalue weighted by Crippen LogP contribution is -2.31. The van der Waals surface area contributed by atoms with Gasteiger partial charge in [0.25, 0.3) is 0 Å². The zero-order valence-electron chi connectivity index (χ0n) is 23.4. The number of benzene rings is 4. The summed E-state index contributed by atoms with van der Waals surface area (Å²) >= 11 is 7.84. The summed E-state index contributed by atoms with van der Waals surface area (Å²) in [4.78, 5) is 28.9. The number of carbonyl (C=O) groups is 2. The van der Waals surface area contributed by atoms with Crippen molar-refractivity contribution in [3.8, 4) is 6.07 Å². The number of rotatable bonds is 9. The number of nitriles is 1. The normalized spacial score (nSPS) is 14.5. The summed E-state index contributed by atoms with van der Waals surface area (Å²) < 4.78 is 5.71. The van der Waals surface area contributed by atoms with E-state index in [0.717, 1.165) is 16.9 Å². The van der Waals surface area contributed by atoms with Crippen LogP contribution in [0.15, 0.2) is 137 Å². The van der Waals surface area contributed by atoms with Crippen molar-refractivity contribution in [2.24, 2.45) is 0 Å². The highest BCUT2D eigenvalue weighted by Crippen LogP contribution is 2.43. The van der Waals surface area contributed by atoms with E-state index in [-0.39, 0.29) is 23.8 Å². The van der Waals surface area contributed by atoms with Gasteiger partial charge < -0.3 is 10.1 Å². The van der Waals surface area contributed by atoms with Gasteiger partial charge >= 0.3 is 5.97 Å². The van der Waals surface area contributed by atoms with Crippen molar-refractivity contribution < 1.29 is 14.3 Å². The molecule has 0 bridgehead atoms. The maximum Gasteiger partial charge on any atom is 0.337 e. The van der Waals surface area contributed by atoms with Gasteiger partial charge in [-0.25, -0.2) is 4.79 Å². The van der Waals surface area contributed by atoms with Crippen LogP contribution in [0.2, 0.25) is 5.02 Å². The number of nitrogens with zero attached hydrogens (tertiary/aromatic N) is 2. The van der Waals surface area contributed by atoms with Crippen molar-refractivity contribution in [3.05, 3.63) is 153 Å². The van der Waals surface area contributed by atoms with Crippen LogP contribution in [0.1, 0.15) is 24.0 Å². The standard InChI is InChI=1S/C35H28ClN3O3S/c1-24-32(35(41)42-22-25-13-5-2-6-14-25)33(28-19-11-12-20-30(28)36)29(21-37)34(38-24)43-23-31(40)39(26-15-7-3-8-16-26)27-17-9-4-10-18-27/h2-20,33,38H,22-23H2,1H3/t33-/m0/s1. The van der Waals surface area contributed by atoms with Gasteiger partial charge in [-0.2, -0.15) is 5.26 Å². The number of para-hydroxylation sites is 2. The Morgan fingerprint density at radius 2 is 1.44 bits per heavy atom. The first-order chi connectivity index (χ1) is 21.0. The second-order valence-electron chi connectivity index (χ2n) is 9.72. The molecule has 6 nitrogen and oxygen atoms in total. The van der Waals surface area contributed by atoms with E-state index in [1.807, 2.05) is 97.1 Å². The highest BCUT2D eigenvalue weighted by molar-refractivity contribution is 8.03. The number of ether oxygens (including phenoxy) is 1. The van der Waals surface area contributed by atoms with Crippen LogP contribution in [0.3, 0.4) is 0 Å². The summed E-state index contributed by atoms with van der Waals surface area (Å²) in [6.45, 7) is 1.85. The first-order valence-corrected chi connectivity index (χ1v) is 15.0. The topological polar surface area (TPSA) is 82.4 Å². The van der Waals surface area contributed by atoms with Gasteiger partial charge in [-0.1, -0.05) is 108 Å². The molecule has 1 amide bonds. The Kier molecular flexibility index (Phi) is 9.63. The molecule has 4 aromatic carbocycles. The van der Waals surface area contributed by atoms with Crippen molar-refractivity contribution in [1.29, 1.82) is 5.26 Å². The maximum atomic E-state index is 13.7. The maximum absolute atomic E-state index is 13.7. The minimum atomic E-state index is -0.778. The van der Waals surface area contributed by atoms with Gasteiger partial charge in [0, 0.05) is 22.1 Å². The van der Waals surface area contributed by atoms with Gasteiger partial charge in [0.05, 0.1) is 33.9 Å². The molecule has 214 valence electrons. The van der Waals surface area contributed by atoms with Crippen molar-refractivity contribution in [2.75, 3.05) is 10.7 Å². The number of dihydropyridines is 1. The fourth-order valence-electron chi connectivity index (χ4n) is 4.91. The Balaban J connectivity index is 1.46. The lowest BCUT2D eigenvalue weighted by atomic mass is 9.82. The largest absolute Gasteiger partial charge is 0.457 e. The molecule has 8 heteroatoms. The van der Waals surface area contributed by atoms with Crippen LogP contribution in [0, 0.1) is 11.3 Å². The van der Waals surface area contributed by atoms with Crippen molar-refractivity contribution >= 4 is 46.6 Å². The van der Waals surface area contributed by atoms with Crippen LogP contribution in [0.5, 0.6) is 0 Å². The molecule has 0 radical (unpaired) electrons. The van der Waals surface area contributed by atoms with E-state index in [2.05, 4.69) is 11.4 Å². The summed E-state index contributed by atoms with van der Waals surface area (Å²) in [7, 11) is 0. The van der Waals surface area contributed by atoms with E-state index < -0.39 is 11.9 Å². The molecule has 1 N–H and O–H groups in total. The van der Waals surface area contributed by atoms with Crippen LogP contribution >= 0.6 is 23.4 Å². The van der Waals surface area contributed by atoms with Crippen LogP contribution in [0.4, 0.5) is 11.4 Å². The molecule has 0 saturated heterocycles.